The minimum atomic E-state index is -0.456. The third-order valence-electron chi connectivity index (χ3n) is 5.78. The lowest BCUT2D eigenvalue weighted by atomic mass is 10.1. The summed E-state index contributed by atoms with van der Waals surface area (Å²) in [7, 11) is 1.34. The number of carbonyl (C=O) groups is 1. The van der Waals surface area contributed by atoms with Crippen molar-refractivity contribution in [1.82, 2.24) is 14.5 Å². The maximum absolute atomic E-state index is 13.6. The largest absolute Gasteiger partial charge is 0.494 e. The summed E-state index contributed by atoms with van der Waals surface area (Å²) in [6.07, 6.45) is 0. The smallest absolute Gasteiger partial charge is 0.337 e. The first-order valence-electron chi connectivity index (χ1n) is 10.9. The fraction of sp³-hybridized carbons (Fsp3) is 0.375. The van der Waals surface area contributed by atoms with Crippen LogP contribution in [0.4, 0.5) is 5.95 Å². The number of benzene rings is 2. The van der Waals surface area contributed by atoms with Crippen molar-refractivity contribution in [3.05, 3.63) is 58.4 Å². The lowest BCUT2D eigenvalue weighted by molar-refractivity contribution is 0.0601. The number of esters is 1. The molecule has 0 radical (unpaired) electrons. The average molecular weight is 437 g/mol. The van der Waals surface area contributed by atoms with Crippen LogP contribution in [0.1, 0.15) is 24.2 Å². The van der Waals surface area contributed by atoms with Crippen molar-refractivity contribution in [3.63, 3.8) is 0 Å². The molecule has 4 rings (SSSR count). The molecule has 0 unspecified atom stereocenters. The molecule has 2 heterocycles. The van der Waals surface area contributed by atoms with E-state index < -0.39 is 5.97 Å². The average Bonchev–Trinajstić information content (AvgIpc) is 2.84. The number of carbonyl (C=O) groups excluding carboxylic acids is 1. The Morgan fingerprint density at radius 3 is 2.38 bits per heavy atom. The summed E-state index contributed by atoms with van der Waals surface area (Å²) in [4.78, 5) is 35.0. The summed E-state index contributed by atoms with van der Waals surface area (Å²) >= 11 is 0. The molecule has 32 heavy (non-hydrogen) atoms. The zero-order valence-electron chi connectivity index (χ0n) is 18.7. The van der Waals surface area contributed by atoms with Gasteiger partial charge in [0.15, 0.2) is 0 Å². The number of piperazine rings is 1. The minimum Gasteiger partial charge on any atom is -0.494 e. The summed E-state index contributed by atoms with van der Waals surface area (Å²) in [6, 6.07) is 12.3. The first-order chi connectivity index (χ1) is 15.5. The Kier molecular flexibility index (Phi) is 6.41. The van der Waals surface area contributed by atoms with Gasteiger partial charge in [0.1, 0.15) is 5.75 Å². The molecule has 1 aromatic heterocycles. The Bertz CT molecular complexity index is 1170. The van der Waals surface area contributed by atoms with Gasteiger partial charge < -0.3 is 19.3 Å². The summed E-state index contributed by atoms with van der Waals surface area (Å²) in [5.74, 6) is 0.866. The Labute approximate surface area is 187 Å². The van der Waals surface area contributed by atoms with E-state index in [1.807, 2.05) is 31.2 Å². The quantitative estimate of drug-likeness (QED) is 0.550. The van der Waals surface area contributed by atoms with Gasteiger partial charge >= 0.3 is 5.97 Å². The van der Waals surface area contributed by atoms with Crippen LogP contribution in [0.15, 0.2) is 47.3 Å². The fourth-order valence-electron chi connectivity index (χ4n) is 3.99. The highest BCUT2D eigenvalue weighted by molar-refractivity contribution is 5.94. The number of fused-ring (bicyclic) bond motifs is 1. The molecule has 0 bridgehead atoms. The second-order valence-corrected chi connectivity index (χ2v) is 7.62. The van der Waals surface area contributed by atoms with Crippen LogP contribution in [0, 0.1) is 0 Å². The zero-order valence-corrected chi connectivity index (χ0v) is 18.7. The molecule has 0 aliphatic carbocycles. The van der Waals surface area contributed by atoms with Crippen molar-refractivity contribution in [2.45, 2.75) is 13.8 Å². The van der Waals surface area contributed by atoms with Gasteiger partial charge in [-0.2, -0.15) is 0 Å². The van der Waals surface area contributed by atoms with E-state index in [-0.39, 0.29) is 5.56 Å². The molecule has 3 aromatic rings. The normalized spacial score (nSPS) is 14.5. The third kappa shape index (κ3) is 4.18. The van der Waals surface area contributed by atoms with Gasteiger partial charge in [-0.15, -0.1) is 0 Å². The lowest BCUT2D eigenvalue weighted by Crippen LogP contribution is -2.48. The number of nitrogens with zero attached hydrogens (tertiary/aromatic N) is 4. The highest BCUT2D eigenvalue weighted by Crippen LogP contribution is 2.23. The van der Waals surface area contributed by atoms with E-state index in [2.05, 4.69) is 16.7 Å². The highest BCUT2D eigenvalue weighted by atomic mass is 16.5. The number of aromatic nitrogens is 2. The molecule has 0 amide bonds. The number of hydrogen-bond acceptors (Lipinski definition) is 7. The van der Waals surface area contributed by atoms with Gasteiger partial charge in [0.2, 0.25) is 5.95 Å². The predicted molar refractivity (Wildman–Crippen MR) is 124 cm³/mol. The van der Waals surface area contributed by atoms with Gasteiger partial charge in [0, 0.05) is 26.2 Å². The monoisotopic (exact) mass is 436 g/mol. The number of methoxy groups -OCH3 is 1. The standard InChI is InChI=1S/C24H28N4O4/c1-4-26-12-14-27(15-13-26)24-25-21-16-17(23(30)31-3)6-11-20(21)22(29)28(24)18-7-9-19(10-8-18)32-5-2/h6-11,16H,4-5,12-15H2,1-3H3. The fourth-order valence-corrected chi connectivity index (χ4v) is 3.99. The van der Waals surface area contributed by atoms with Crippen molar-refractivity contribution in [2.24, 2.45) is 0 Å². The molecule has 8 nitrogen and oxygen atoms in total. The second-order valence-electron chi connectivity index (χ2n) is 7.62. The van der Waals surface area contributed by atoms with Crippen LogP contribution in [0.5, 0.6) is 5.75 Å². The van der Waals surface area contributed by atoms with Crippen LogP contribution < -0.4 is 15.2 Å². The Balaban J connectivity index is 1.86. The van der Waals surface area contributed by atoms with E-state index in [4.69, 9.17) is 14.5 Å². The summed E-state index contributed by atoms with van der Waals surface area (Å²) in [5.41, 5.74) is 1.39. The zero-order chi connectivity index (χ0) is 22.7. The number of ether oxygens (including phenoxy) is 2. The Morgan fingerprint density at radius 2 is 1.75 bits per heavy atom. The Hall–Kier alpha value is -3.39. The van der Waals surface area contributed by atoms with Crippen molar-refractivity contribution in [3.8, 4) is 11.4 Å². The van der Waals surface area contributed by atoms with E-state index in [0.717, 1.165) is 44.2 Å². The summed E-state index contributed by atoms with van der Waals surface area (Å²) in [5, 5.41) is 0.447. The lowest BCUT2D eigenvalue weighted by Gasteiger charge is -2.35. The first kappa shape index (κ1) is 21.8. The molecule has 168 valence electrons. The molecule has 0 N–H and O–H groups in total. The molecule has 1 fully saturated rings. The third-order valence-corrected chi connectivity index (χ3v) is 5.78. The topological polar surface area (TPSA) is 76.9 Å². The van der Waals surface area contributed by atoms with Gasteiger partial charge in [-0.1, -0.05) is 6.92 Å². The van der Waals surface area contributed by atoms with Crippen LogP contribution in [0.3, 0.4) is 0 Å². The molecular weight excluding hydrogens is 408 g/mol. The molecular formula is C24H28N4O4. The summed E-state index contributed by atoms with van der Waals surface area (Å²) in [6.45, 7) is 8.97. The van der Waals surface area contributed by atoms with Gasteiger partial charge in [0.25, 0.3) is 5.56 Å². The molecule has 0 atom stereocenters. The number of rotatable bonds is 6. The van der Waals surface area contributed by atoms with Crippen molar-refractivity contribution in [1.29, 1.82) is 0 Å². The molecule has 1 saturated heterocycles. The second kappa shape index (κ2) is 9.40. The van der Waals surface area contributed by atoms with Crippen LogP contribution in [0.25, 0.3) is 16.6 Å². The van der Waals surface area contributed by atoms with Crippen molar-refractivity contribution >= 4 is 22.8 Å². The van der Waals surface area contributed by atoms with Gasteiger partial charge in [-0.3, -0.25) is 4.79 Å². The molecule has 1 aliphatic heterocycles. The Morgan fingerprint density at radius 1 is 1.03 bits per heavy atom. The number of hydrogen-bond donors (Lipinski definition) is 0. The van der Waals surface area contributed by atoms with E-state index >= 15 is 0 Å². The van der Waals surface area contributed by atoms with E-state index in [1.165, 1.54) is 7.11 Å². The molecule has 0 saturated carbocycles. The number of likely N-dealkylation sites (N-methyl/N-ethyl adjacent to an activating group) is 1. The SMILES string of the molecule is CCOc1ccc(-n2c(N3CCN(CC)CC3)nc3cc(C(=O)OC)ccc3c2=O)cc1. The van der Waals surface area contributed by atoms with Crippen molar-refractivity contribution in [2.75, 3.05) is 51.3 Å². The van der Waals surface area contributed by atoms with Gasteiger partial charge in [-0.25, -0.2) is 14.3 Å². The van der Waals surface area contributed by atoms with Crippen LogP contribution in [0.2, 0.25) is 0 Å². The van der Waals surface area contributed by atoms with E-state index in [9.17, 15) is 9.59 Å². The van der Waals surface area contributed by atoms with E-state index in [0.29, 0.717) is 29.0 Å². The van der Waals surface area contributed by atoms with Gasteiger partial charge in [-0.05, 0) is 55.9 Å². The first-order valence-corrected chi connectivity index (χ1v) is 10.9. The molecule has 8 heteroatoms. The highest BCUT2D eigenvalue weighted by Gasteiger charge is 2.23. The van der Waals surface area contributed by atoms with Crippen molar-refractivity contribution < 1.29 is 14.3 Å². The number of anilines is 1. The minimum absolute atomic E-state index is 0.177. The summed E-state index contributed by atoms with van der Waals surface area (Å²) < 4.78 is 12.0. The molecule has 2 aromatic carbocycles. The van der Waals surface area contributed by atoms with Crippen LogP contribution in [-0.4, -0.2) is 66.9 Å². The van der Waals surface area contributed by atoms with Crippen LogP contribution >= 0.6 is 0 Å². The van der Waals surface area contributed by atoms with Gasteiger partial charge in [0.05, 0.1) is 35.9 Å². The maximum atomic E-state index is 13.6. The molecule has 0 spiro atoms. The van der Waals surface area contributed by atoms with E-state index in [1.54, 1.807) is 22.8 Å². The molecule has 1 aliphatic rings. The predicted octanol–water partition coefficient (Wildman–Crippen LogP) is 2.71. The maximum Gasteiger partial charge on any atom is 0.337 e. The van der Waals surface area contributed by atoms with Crippen LogP contribution in [-0.2, 0) is 4.74 Å².